The second-order valence-electron chi connectivity index (χ2n) is 7.48. The molecular formula is C24H22ClN5O3S. The predicted molar refractivity (Wildman–Crippen MR) is 132 cm³/mol. The van der Waals surface area contributed by atoms with Gasteiger partial charge in [0.1, 0.15) is 23.9 Å². The minimum absolute atomic E-state index is 0.130. The molecule has 0 aliphatic carbocycles. The number of ether oxygens (including phenoxy) is 1. The molecule has 0 saturated carbocycles. The molecule has 0 spiro atoms. The van der Waals surface area contributed by atoms with E-state index in [4.69, 9.17) is 16.3 Å². The minimum atomic E-state index is -0.178. The van der Waals surface area contributed by atoms with Crippen molar-refractivity contribution in [3.05, 3.63) is 87.6 Å². The standard InChI is InChI=1S/C24H22ClN5O3S/c1-16-11-18(5-8-21(16)29-23(32)13-30-10-2-9-26-30)27-22(31)12-19-15-34-24(28-19)14-33-20-6-3-17(25)4-7-20/h2-11,15H,12-14H2,1H3,(H,27,31)(H,29,32). The van der Waals surface area contributed by atoms with Crippen molar-refractivity contribution in [2.24, 2.45) is 0 Å². The summed E-state index contributed by atoms with van der Waals surface area (Å²) in [6, 6.07) is 14.2. The first kappa shape index (κ1) is 23.5. The van der Waals surface area contributed by atoms with E-state index < -0.39 is 0 Å². The molecular weight excluding hydrogens is 474 g/mol. The van der Waals surface area contributed by atoms with Gasteiger partial charge < -0.3 is 15.4 Å². The second kappa shape index (κ2) is 11.0. The lowest BCUT2D eigenvalue weighted by Gasteiger charge is -2.11. The van der Waals surface area contributed by atoms with E-state index in [0.717, 1.165) is 10.6 Å². The molecule has 0 bridgehead atoms. The lowest BCUT2D eigenvalue weighted by molar-refractivity contribution is -0.117. The van der Waals surface area contributed by atoms with E-state index in [0.29, 0.717) is 34.4 Å². The molecule has 8 nitrogen and oxygen atoms in total. The number of carbonyl (C=O) groups is 2. The van der Waals surface area contributed by atoms with Crippen LogP contribution in [0.25, 0.3) is 0 Å². The van der Waals surface area contributed by atoms with Crippen LogP contribution >= 0.6 is 22.9 Å². The molecule has 34 heavy (non-hydrogen) atoms. The lowest BCUT2D eigenvalue weighted by atomic mass is 10.1. The third kappa shape index (κ3) is 6.66. The topological polar surface area (TPSA) is 98.1 Å². The highest BCUT2D eigenvalue weighted by molar-refractivity contribution is 7.09. The third-order valence-electron chi connectivity index (χ3n) is 4.77. The molecule has 0 radical (unpaired) electrons. The smallest absolute Gasteiger partial charge is 0.246 e. The van der Waals surface area contributed by atoms with Crippen molar-refractivity contribution >= 4 is 46.1 Å². The van der Waals surface area contributed by atoms with Crippen LogP contribution in [-0.2, 0) is 29.2 Å². The van der Waals surface area contributed by atoms with Crippen LogP contribution in [0.15, 0.2) is 66.3 Å². The van der Waals surface area contributed by atoms with Crippen molar-refractivity contribution < 1.29 is 14.3 Å². The number of aryl methyl sites for hydroxylation is 1. The zero-order valence-electron chi connectivity index (χ0n) is 18.3. The Balaban J connectivity index is 1.27. The molecule has 0 saturated heterocycles. The maximum atomic E-state index is 12.5. The first-order valence-electron chi connectivity index (χ1n) is 10.4. The van der Waals surface area contributed by atoms with Gasteiger partial charge in [-0.25, -0.2) is 4.98 Å². The quantitative estimate of drug-likeness (QED) is 0.350. The number of hydrogen-bond acceptors (Lipinski definition) is 6. The van der Waals surface area contributed by atoms with Crippen molar-refractivity contribution in [3.63, 3.8) is 0 Å². The number of nitrogens with one attached hydrogen (secondary N) is 2. The SMILES string of the molecule is Cc1cc(NC(=O)Cc2csc(COc3ccc(Cl)cc3)n2)ccc1NC(=O)Cn1cccn1. The Morgan fingerprint density at radius 2 is 1.94 bits per heavy atom. The summed E-state index contributed by atoms with van der Waals surface area (Å²) in [5.74, 6) is 0.351. The Labute approximate surface area is 205 Å². The molecule has 0 aliphatic rings. The number of carbonyl (C=O) groups excluding carboxylic acids is 2. The van der Waals surface area contributed by atoms with Gasteiger partial charge in [-0.2, -0.15) is 5.10 Å². The number of aromatic nitrogens is 3. The van der Waals surface area contributed by atoms with Gasteiger partial charge in [-0.1, -0.05) is 11.6 Å². The van der Waals surface area contributed by atoms with Gasteiger partial charge in [0.05, 0.1) is 12.1 Å². The zero-order valence-corrected chi connectivity index (χ0v) is 19.9. The van der Waals surface area contributed by atoms with Crippen molar-refractivity contribution in [1.82, 2.24) is 14.8 Å². The third-order valence-corrected chi connectivity index (χ3v) is 5.89. The van der Waals surface area contributed by atoms with E-state index in [9.17, 15) is 9.59 Å². The Hall–Kier alpha value is -3.69. The maximum absolute atomic E-state index is 12.5. The monoisotopic (exact) mass is 495 g/mol. The number of amides is 2. The van der Waals surface area contributed by atoms with Crippen molar-refractivity contribution in [3.8, 4) is 5.75 Å². The van der Waals surface area contributed by atoms with Crippen LogP contribution in [-0.4, -0.2) is 26.6 Å². The first-order chi connectivity index (χ1) is 16.4. The Morgan fingerprint density at radius 1 is 1.12 bits per heavy atom. The zero-order chi connectivity index (χ0) is 23.9. The number of halogens is 1. The lowest BCUT2D eigenvalue weighted by Crippen LogP contribution is -2.19. The molecule has 2 amide bonds. The van der Waals surface area contributed by atoms with Gasteiger partial charge in [0.2, 0.25) is 11.8 Å². The molecule has 2 aromatic heterocycles. The van der Waals surface area contributed by atoms with Gasteiger partial charge in [0.25, 0.3) is 0 Å². The van der Waals surface area contributed by atoms with Crippen LogP contribution in [0, 0.1) is 6.92 Å². The highest BCUT2D eigenvalue weighted by Crippen LogP contribution is 2.21. The van der Waals surface area contributed by atoms with Gasteiger partial charge >= 0.3 is 0 Å². The summed E-state index contributed by atoms with van der Waals surface area (Å²) >= 11 is 7.32. The number of rotatable bonds is 9. The van der Waals surface area contributed by atoms with E-state index >= 15 is 0 Å². The van der Waals surface area contributed by atoms with Crippen LogP contribution in [0.3, 0.4) is 0 Å². The van der Waals surface area contributed by atoms with E-state index in [1.165, 1.54) is 11.3 Å². The van der Waals surface area contributed by atoms with Gasteiger partial charge in [0, 0.05) is 34.2 Å². The van der Waals surface area contributed by atoms with E-state index in [2.05, 4.69) is 20.7 Å². The molecule has 2 aromatic carbocycles. The summed E-state index contributed by atoms with van der Waals surface area (Å²) in [5.41, 5.74) is 2.84. The highest BCUT2D eigenvalue weighted by atomic mass is 35.5. The maximum Gasteiger partial charge on any atom is 0.246 e. The van der Waals surface area contributed by atoms with Crippen LogP contribution in [0.4, 0.5) is 11.4 Å². The van der Waals surface area contributed by atoms with Gasteiger partial charge in [0.15, 0.2) is 0 Å². The molecule has 10 heteroatoms. The summed E-state index contributed by atoms with van der Waals surface area (Å²) < 4.78 is 7.24. The average Bonchev–Trinajstić information content (AvgIpc) is 3.47. The number of thiazole rings is 1. The summed E-state index contributed by atoms with van der Waals surface area (Å²) in [6.07, 6.45) is 3.50. The predicted octanol–water partition coefficient (Wildman–Crippen LogP) is 4.70. The molecule has 0 atom stereocenters. The highest BCUT2D eigenvalue weighted by Gasteiger charge is 2.11. The van der Waals surface area contributed by atoms with Gasteiger partial charge in [-0.3, -0.25) is 14.3 Å². The van der Waals surface area contributed by atoms with Crippen molar-refractivity contribution in [2.75, 3.05) is 10.6 Å². The molecule has 0 fully saturated rings. The molecule has 4 rings (SSSR count). The van der Waals surface area contributed by atoms with E-state index in [1.807, 2.05) is 18.4 Å². The molecule has 0 unspecified atom stereocenters. The fourth-order valence-corrected chi connectivity index (χ4v) is 3.99. The van der Waals surface area contributed by atoms with Crippen LogP contribution < -0.4 is 15.4 Å². The summed E-state index contributed by atoms with van der Waals surface area (Å²) in [6.45, 7) is 2.32. The fourth-order valence-electron chi connectivity index (χ4n) is 3.15. The van der Waals surface area contributed by atoms with Crippen LogP contribution in [0.1, 0.15) is 16.3 Å². The van der Waals surface area contributed by atoms with E-state index in [1.54, 1.807) is 59.5 Å². The largest absolute Gasteiger partial charge is 0.486 e. The molecule has 0 aliphatic heterocycles. The van der Waals surface area contributed by atoms with E-state index in [-0.39, 0.29) is 24.8 Å². The number of nitrogens with zero attached hydrogens (tertiary/aromatic N) is 3. The Kier molecular flexibility index (Phi) is 7.56. The van der Waals surface area contributed by atoms with Crippen LogP contribution in [0.5, 0.6) is 5.75 Å². The molecule has 4 aromatic rings. The second-order valence-corrected chi connectivity index (χ2v) is 8.86. The molecule has 2 heterocycles. The van der Waals surface area contributed by atoms with Gasteiger partial charge in [-0.15, -0.1) is 11.3 Å². The number of hydrogen-bond donors (Lipinski definition) is 2. The molecule has 2 N–H and O–H groups in total. The number of anilines is 2. The van der Waals surface area contributed by atoms with Gasteiger partial charge in [-0.05, 0) is 61.0 Å². The Bertz CT molecular complexity index is 1270. The normalized spacial score (nSPS) is 10.6. The Morgan fingerprint density at radius 3 is 2.68 bits per heavy atom. The summed E-state index contributed by atoms with van der Waals surface area (Å²) in [5, 5.41) is 13.0. The average molecular weight is 496 g/mol. The van der Waals surface area contributed by atoms with Crippen molar-refractivity contribution in [2.45, 2.75) is 26.5 Å². The molecule has 174 valence electrons. The fraction of sp³-hybridized carbons (Fsp3) is 0.167. The van der Waals surface area contributed by atoms with Crippen LogP contribution in [0.2, 0.25) is 5.02 Å². The van der Waals surface area contributed by atoms with Crippen molar-refractivity contribution in [1.29, 1.82) is 0 Å². The summed E-state index contributed by atoms with van der Waals surface area (Å²) in [7, 11) is 0. The minimum Gasteiger partial charge on any atom is -0.486 e. The summed E-state index contributed by atoms with van der Waals surface area (Å²) in [4.78, 5) is 29.1. The number of benzene rings is 2. The first-order valence-corrected chi connectivity index (χ1v) is 11.7.